The second-order valence-electron chi connectivity index (χ2n) is 7.33. The molecule has 1 heterocycles. The zero-order chi connectivity index (χ0) is 19.7. The van der Waals surface area contributed by atoms with Crippen LogP contribution in [0.4, 0.5) is 0 Å². The van der Waals surface area contributed by atoms with Gasteiger partial charge in [0.15, 0.2) is 0 Å². The van der Waals surface area contributed by atoms with Crippen LogP contribution in [-0.4, -0.2) is 31.6 Å². The van der Waals surface area contributed by atoms with E-state index in [1.807, 2.05) is 24.3 Å². The van der Waals surface area contributed by atoms with Crippen LogP contribution in [0.1, 0.15) is 35.2 Å². The molecule has 0 spiro atoms. The maximum Gasteiger partial charge on any atom is 0.337 e. The van der Waals surface area contributed by atoms with Gasteiger partial charge in [0.05, 0.1) is 19.2 Å². The lowest BCUT2D eigenvalue weighted by atomic mass is 9.85. The highest BCUT2D eigenvalue weighted by Crippen LogP contribution is 2.41. The normalized spacial score (nSPS) is 18.0. The first-order valence-electron chi connectivity index (χ1n) is 9.50. The molecular weight excluding hydrogens is 378 g/mol. The number of halogens is 1. The van der Waals surface area contributed by atoms with E-state index in [-0.39, 0.29) is 23.9 Å². The molecule has 2 aromatic rings. The molecule has 1 atom stereocenters. The summed E-state index contributed by atoms with van der Waals surface area (Å²) in [6.45, 7) is 0.488. The van der Waals surface area contributed by atoms with E-state index in [0.29, 0.717) is 23.6 Å². The van der Waals surface area contributed by atoms with E-state index in [1.165, 1.54) is 7.11 Å². The van der Waals surface area contributed by atoms with E-state index in [2.05, 4.69) is 5.32 Å². The third-order valence-electron chi connectivity index (χ3n) is 5.46. The van der Waals surface area contributed by atoms with Crippen LogP contribution in [0.15, 0.2) is 36.4 Å². The summed E-state index contributed by atoms with van der Waals surface area (Å²) in [5.74, 6) is 0.712. The quantitative estimate of drug-likeness (QED) is 0.771. The van der Waals surface area contributed by atoms with Crippen LogP contribution < -0.4 is 10.1 Å². The smallest absolute Gasteiger partial charge is 0.337 e. The maximum absolute atomic E-state index is 12.1. The van der Waals surface area contributed by atoms with Crippen molar-refractivity contribution in [1.82, 2.24) is 5.32 Å². The van der Waals surface area contributed by atoms with Crippen LogP contribution >= 0.6 is 11.6 Å². The molecule has 28 heavy (non-hydrogen) atoms. The standard InChI is InChI=1S/C22H22ClNO4/c1-27-22(26)15-7-5-13(6-8-15)19-11-17(23)9-16-10-18(28-20(16)19)12-24-21(25)14-3-2-4-14/h5-9,11,14,18H,2-4,10,12H2,1H3,(H,24,25)/t18-/m0/s1. The number of rotatable bonds is 5. The minimum atomic E-state index is -0.374. The van der Waals surface area contributed by atoms with Gasteiger partial charge < -0.3 is 14.8 Å². The molecule has 146 valence electrons. The predicted octanol–water partition coefficient (Wildman–Crippen LogP) is 4.01. The van der Waals surface area contributed by atoms with Gasteiger partial charge in [0.1, 0.15) is 11.9 Å². The molecule has 1 amide bonds. The fraction of sp³-hybridized carbons (Fsp3) is 0.364. The Labute approximate surface area is 169 Å². The summed E-state index contributed by atoms with van der Waals surface area (Å²) in [5.41, 5.74) is 3.31. The molecule has 0 radical (unpaired) electrons. The van der Waals surface area contributed by atoms with E-state index in [0.717, 1.165) is 41.7 Å². The van der Waals surface area contributed by atoms with Crippen molar-refractivity contribution in [3.63, 3.8) is 0 Å². The number of carbonyl (C=O) groups is 2. The van der Waals surface area contributed by atoms with Crippen LogP contribution in [0, 0.1) is 5.92 Å². The predicted molar refractivity (Wildman–Crippen MR) is 107 cm³/mol. The van der Waals surface area contributed by atoms with Gasteiger partial charge in [0.25, 0.3) is 0 Å². The third-order valence-corrected chi connectivity index (χ3v) is 5.68. The van der Waals surface area contributed by atoms with Gasteiger partial charge in [-0.05, 0) is 42.7 Å². The SMILES string of the molecule is COC(=O)c1ccc(-c2cc(Cl)cc3c2O[C@H](CNC(=O)C2CCC2)C3)cc1. The third kappa shape index (κ3) is 3.72. The highest BCUT2D eigenvalue weighted by molar-refractivity contribution is 6.31. The van der Waals surface area contributed by atoms with Gasteiger partial charge in [-0.15, -0.1) is 0 Å². The lowest BCUT2D eigenvalue weighted by molar-refractivity contribution is -0.127. The number of esters is 1. The van der Waals surface area contributed by atoms with E-state index in [1.54, 1.807) is 12.1 Å². The molecule has 1 saturated carbocycles. The molecular formula is C22H22ClNO4. The Bertz CT molecular complexity index is 905. The largest absolute Gasteiger partial charge is 0.487 e. The first-order valence-corrected chi connectivity index (χ1v) is 9.88. The second kappa shape index (κ2) is 7.84. The molecule has 0 saturated heterocycles. The van der Waals surface area contributed by atoms with Crippen molar-refractivity contribution in [2.75, 3.05) is 13.7 Å². The van der Waals surface area contributed by atoms with Gasteiger partial charge in [0.2, 0.25) is 5.91 Å². The number of ether oxygens (including phenoxy) is 2. The number of methoxy groups -OCH3 is 1. The van der Waals surface area contributed by atoms with Crippen LogP contribution in [0.3, 0.4) is 0 Å². The zero-order valence-electron chi connectivity index (χ0n) is 15.7. The number of fused-ring (bicyclic) bond motifs is 1. The highest BCUT2D eigenvalue weighted by atomic mass is 35.5. The van der Waals surface area contributed by atoms with Crippen molar-refractivity contribution in [1.29, 1.82) is 0 Å². The molecule has 5 nitrogen and oxygen atoms in total. The average Bonchev–Trinajstić information content (AvgIpc) is 3.06. The molecule has 2 aromatic carbocycles. The van der Waals surface area contributed by atoms with Crippen LogP contribution in [0.25, 0.3) is 11.1 Å². The van der Waals surface area contributed by atoms with Crippen molar-refractivity contribution in [3.05, 3.63) is 52.5 Å². The molecule has 2 aliphatic rings. The Kier molecular flexibility index (Phi) is 5.27. The van der Waals surface area contributed by atoms with Gasteiger partial charge in [0, 0.05) is 28.5 Å². The molecule has 1 aliphatic carbocycles. The van der Waals surface area contributed by atoms with Gasteiger partial charge in [-0.25, -0.2) is 4.79 Å². The Balaban J connectivity index is 1.51. The summed E-state index contributed by atoms with van der Waals surface area (Å²) >= 11 is 6.33. The van der Waals surface area contributed by atoms with Gasteiger partial charge in [-0.1, -0.05) is 30.2 Å². The van der Waals surface area contributed by atoms with Crippen molar-refractivity contribution in [3.8, 4) is 16.9 Å². The minimum Gasteiger partial charge on any atom is -0.487 e. The van der Waals surface area contributed by atoms with Crippen LogP contribution in [-0.2, 0) is 16.0 Å². The maximum atomic E-state index is 12.1. The summed E-state index contributed by atoms with van der Waals surface area (Å²) in [6, 6.07) is 10.9. The zero-order valence-corrected chi connectivity index (χ0v) is 16.4. The number of amides is 1. The second-order valence-corrected chi connectivity index (χ2v) is 7.76. The summed E-state index contributed by atoms with van der Waals surface area (Å²) < 4.78 is 10.9. The average molecular weight is 400 g/mol. The topological polar surface area (TPSA) is 64.6 Å². The first-order chi connectivity index (χ1) is 13.5. The van der Waals surface area contributed by atoms with Crippen LogP contribution in [0.5, 0.6) is 5.75 Å². The monoisotopic (exact) mass is 399 g/mol. The van der Waals surface area contributed by atoms with E-state index in [4.69, 9.17) is 21.1 Å². The van der Waals surface area contributed by atoms with Crippen LogP contribution in [0.2, 0.25) is 5.02 Å². The van der Waals surface area contributed by atoms with Gasteiger partial charge in [-0.2, -0.15) is 0 Å². The van der Waals surface area contributed by atoms with Crippen molar-refractivity contribution in [2.45, 2.75) is 31.8 Å². The number of hydrogen-bond acceptors (Lipinski definition) is 4. The number of benzene rings is 2. The number of carbonyl (C=O) groups excluding carboxylic acids is 2. The Hall–Kier alpha value is -2.53. The molecule has 1 N–H and O–H groups in total. The number of hydrogen-bond donors (Lipinski definition) is 1. The molecule has 0 bridgehead atoms. The molecule has 4 rings (SSSR count). The minimum absolute atomic E-state index is 0.106. The Morgan fingerprint density at radius 1 is 1.21 bits per heavy atom. The number of nitrogens with one attached hydrogen (secondary N) is 1. The molecule has 1 fully saturated rings. The molecule has 1 aliphatic heterocycles. The van der Waals surface area contributed by atoms with E-state index >= 15 is 0 Å². The molecule has 6 heteroatoms. The fourth-order valence-electron chi connectivity index (χ4n) is 3.66. The first kappa shape index (κ1) is 18.8. The van der Waals surface area contributed by atoms with E-state index < -0.39 is 0 Å². The Morgan fingerprint density at radius 2 is 1.96 bits per heavy atom. The van der Waals surface area contributed by atoms with Gasteiger partial charge in [-0.3, -0.25) is 4.79 Å². The van der Waals surface area contributed by atoms with Crippen molar-refractivity contribution < 1.29 is 19.1 Å². The lowest BCUT2D eigenvalue weighted by Gasteiger charge is -2.24. The molecule has 0 aromatic heterocycles. The molecule has 0 unspecified atom stereocenters. The fourth-order valence-corrected chi connectivity index (χ4v) is 3.90. The summed E-state index contributed by atoms with van der Waals surface area (Å²) in [5, 5.41) is 3.65. The highest BCUT2D eigenvalue weighted by Gasteiger charge is 2.29. The van der Waals surface area contributed by atoms with Gasteiger partial charge >= 0.3 is 5.97 Å². The van der Waals surface area contributed by atoms with Crippen molar-refractivity contribution >= 4 is 23.5 Å². The summed E-state index contributed by atoms with van der Waals surface area (Å²) in [7, 11) is 1.36. The van der Waals surface area contributed by atoms with E-state index in [9.17, 15) is 9.59 Å². The summed E-state index contributed by atoms with van der Waals surface area (Å²) in [4.78, 5) is 23.7. The lowest BCUT2D eigenvalue weighted by Crippen LogP contribution is -2.40. The Morgan fingerprint density at radius 3 is 2.61 bits per heavy atom. The summed E-state index contributed by atoms with van der Waals surface area (Å²) in [6.07, 6.45) is 3.71. The van der Waals surface area contributed by atoms with Crippen molar-refractivity contribution in [2.24, 2.45) is 5.92 Å².